The van der Waals surface area contributed by atoms with Crippen LogP contribution in [0.3, 0.4) is 0 Å². The Hall–Kier alpha value is -1.65. The maximum absolute atomic E-state index is 11.4. The molecule has 0 atom stereocenters. The van der Waals surface area contributed by atoms with E-state index in [1.54, 1.807) is 0 Å². The molecule has 15 heavy (non-hydrogen) atoms. The normalized spacial score (nSPS) is 15.3. The van der Waals surface area contributed by atoms with Crippen molar-refractivity contribution >= 4 is 17.8 Å². The summed E-state index contributed by atoms with van der Waals surface area (Å²) in [6, 6.07) is 0. The molecular weight excluding hydrogens is 198 g/mol. The van der Waals surface area contributed by atoms with Crippen LogP contribution < -0.4 is 0 Å². The van der Waals surface area contributed by atoms with E-state index in [9.17, 15) is 14.4 Å². The molecule has 82 valence electrons. The first kappa shape index (κ1) is 11.4. The third-order valence-corrected chi connectivity index (χ3v) is 2.05. The van der Waals surface area contributed by atoms with Crippen molar-refractivity contribution in [1.82, 2.24) is 4.90 Å². The predicted molar refractivity (Wildman–Crippen MR) is 51.7 cm³/mol. The molecule has 1 aliphatic rings. The number of carbonyl (C=O) groups is 3. The van der Waals surface area contributed by atoms with Crippen LogP contribution >= 0.6 is 0 Å². The first-order valence-electron chi connectivity index (χ1n) is 4.68. The minimum atomic E-state index is -0.616. The van der Waals surface area contributed by atoms with Crippen LogP contribution in [0.5, 0.6) is 0 Å². The summed E-state index contributed by atoms with van der Waals surface area (Å²) >= 11 is 0. The topological polar surface area (TPSA) is 63.7 Å². The van der Waals surface area contributed by atoms with E-state index in [4.69, 9.17) is 0 Å². The fourth-order valence-corrected chi connectivity index (χ4v) is 1.24. The summed E-state index contributed by atoms with van der Waals surface area (Å²) in [5, 5.41) is 0. The Labute approximate surface area is 87.7 Å². The molecule has 0 aromatic heterocycles. The number of esters is 1. The molecule has 0 spiro atoms. The molecule has 0 saturated carbocycles. The van der Waals surface area contributed by atoms with Crippen molar-refractivity contribution in [3.05, 3.63) is 12.2 Å². The average molecular weight is 211 g/mol. The van der Waals surface area contributed by atoms with Crippen molar-refractivity contribution in [1.29, 1.82) is 0 Å². The van der Waals surface area contributed by atoms with Gasteiger partial charge in [0.2, 0.25) is 5.91 Å². The number of hydrogen-bond donors (Lipinski definition) is 0. The van der Waals surface area contributed by atoms with Gasteiger partial charge in [-0.25, -0.2) is 4.79 Å². The van der Waals surface area contributed by atoms with Crippen LogP contribution in [0.25, 0.3) is 0 Å². The van der Waals surface area contributed by atoms with Crippen molar-refractivity contribution in [2.24, 2.45) is 0 Å². The molecule has 2 amide bonds. The van der Waals surface area contributed by atoms with Gasteiger partial charge in [-0.15, -0.1) is 0 Å². The third kappa shape index (κ3) is 2.90. The van der Waals surface area contributed by atoms with Crippen molar-refractivity contribution < 1.29 is 19.1 Å². The number of ether oxygens (including phenoxy) is 1. The van der Waals surface area contributed by atoms with Gasteiger partial charge in [0.25, 0.3) is 5.91 Å². The van der Waals surface area contributed by atoms with Crippen LogP contribution in [0, 0.1) is 0 Å². The SMILES string of the molecule is C=C(C)C(=O)OCC(=O)N1CCCC1=O. The van der Waals surface area contributed by atoms with Gasteiger partial charge in [-0.1, -0.05) is 6.58 Å². The molecule has 1 saturated heterocycles. The molecule has 5 nitrogen and oxygen atoms in total. The number of amides is 2. The fourth-order valence-electron chi connectivity index (χ4n) is 1.24. The van der Waals surface area contributed by atoms with Gasteiger partial charge in [0, 0.05) is 18.5 Å². The number of likely N-dealkylation sites (tertiary alicyclic amines) is 1. The molecule has 1 fully saturated rings. The zero-order valence-electron chi connectivity index (χ0n) is 8.62. The first-order chi connectivity index (χ1) is 7.02. The smallest absolute Gasteiger partial charge is 0.333 e. The number of carbonyl (C=O) groups excluding carboxylic acids is 3. The number of hydrogen-bond acceptors (Lipinski definition) is 4. The third-order valence-electron chi connectivity index (χ3n) is 2.05. The standard InChI is InChI=1S/C10H13NO4/c1-7(2)10(14)15-6-9(13)11-5-3-4-8(11)12/h1,3-6H2,2H3. The lowest BCUT2D eigenvalue weighted by atomic mass is 10.4. The Balaban J connectivity index is 2.39. The fraction of sp³-hybridized carbons (Fsp3) is 0.500. The summed E-state index contributed by atoms with van der Waals surface area (Å²) < 4.78 is 4.64. The lowest BCUT2D eigenvalue weighted by Gasteiger charge is -2.13. The molecule has 0 N–H and O–H groups in total. The van der Waals surface area contributed by atoms with Gasteiger partial charge < -0.3 is 4.74 Å². The van der Waals surface area contributed by atoms with E-state index in [-0.39, 0.29) is 11.5 Å². The van der Waals surface area contributed by atoms with Crippen molar-refractivity contribution in [3.63, 3.8) is 0 Å². The number of imide groups is 1. The average Bonchev–Trinajstić information content (AvgIpc) is 2.60. The highest BCUT2D eigenvalue weighted by Gasteiger charge is 2.26. The molecule has 0 radical (unpaired) electrons. The molecular formula is C10H13NO4. The maximum atomic E-state index is 11.4. The van der Waals surface area contributed by atoms with Crippen molar-refractivity contribution in [3.8, 4) is 0 Å². The van der Waals surface area contributed by atoms with E-state index in [2.05, 4.69) is 11.3 Å². The summed E-state index contributed by atoms with van der Waals surface area (Å²) in [6.45, 7) is 4.90. The molecule has 0 bridgehead atoms. The second-order valence-corrected chi connectivity index (χ2v) is 3.40. The predicted octanol–water partition coefficient (Wildman–Crippen LogP) is 0.255. The van der Waals surface area contributed by atoms with E-state index in [0.717, 1.165) is 4.90 Å². The van der Waals surface area contributed by atoms with E-state index >= 15 is 0 Å². The maximum Gasteiger partial charge on any atom is 0.333 e. The largest absolute Gasteiger partial charge is 0.452 e. The van der Waals surface area contributed by atoms with Crippen LogP contribution in [0.15, 0.2) is 12.2 Å². The summed E-state index contributed by atoms with van der Waals surface area (Å²) in [7, 11) is 0. The first-order valence-corrected chi connectivity index (χ1v) is 4.68. The highest BCUT2D eigenvalue weighted by atomic mass is 16.5. The lowest BCUT2D eigenvalue weighted by Crippen LogP contribution is -2.35. The summed E-state index contributed by atoms with van der Waals surface area (Å²) in [4.78, 5) is 34.6. The Morgan fingerprint density at radius 1 is 1.53 bits per heavy atom. The van der Waals surface area contributed by atoms with E-state index < -0.39 is 18.5 Å². The second kappa shape index (κ2) is 4.72. The van der Waals surface area contributed by atoms with Crippen LogP contribution in [0.4, 0.5) is 0 Å². The second-order valence-electron chi connectivity index (χ2n) is 3.40. The molecule has 0 aromatic carbocycles. The molecule has 5 heteroatoms. The highest BCUT2D eigenvalue weighted by Crippen LogP contribution is 2.09. The van der Waals surface area contributed by atoms with Gasteiger partial charge >= 0.3 is 5.97 Å². The summed E-state index contributed by atoms with van der Waals surface area (Å²) in [5.41, 5.74) is 0.232. The number of rotatable bonds is 3. The zero-order chi connectivity index (χ0) is 11.4. The van der Waals surface area contributed by atoms with Gasteiger partial charge in [-0.3, -0.25) is 14.5 Å². The van der Waals surface area contributed by atoms with Crippen molar-refractivity contribution in [2.45, 2.75) is 19.8 Å². The minimum Gasteiger partial charge on any atom is -0.452 e. The monoisotopic (exact) mass is 211 g/mol. The van der Waals surface area contributed by atoms with Gasteiger partial charge in [0.1, 0.15) is 0 Å². The van der Waals surface area contributed by atoms with Crippen LogP contribution in [0.1, 0.15) is 19.8 Å². The molecule has 1 heterocycles. The van der Waals surface area contributed by atoms with E-state index in [1.165, 1.54) is 6.92 Å². The van der Waals surface area contributed by atoms with Crippen molar-refractivity contribution in [2.75, 3.05) is 13.2 Å². The minimum absolute atomic E-state index is 0.202. The zero-order valence-corrected chi connectivity index (χ0v) is 8.62. The van der Waals surface area contributed by atoms with Crippen LogP contribution in [0.2, 0.25) is 0 Å². The molecule has 0 unspecified atom stereocenters. The Bertz CT molecular complexity index is 321. The summed E-state index contributed by atoms with van der Waals surface area (Å²) in [6.07, 6.45) is 1.07. The molecule has 0 aliphatic carbocycles. The Morgan fingerprint density at radius 3 is 2.67 bits per heavy atom. The van der Waals surface area contributed by atoms with Gasteiger partial charge in [-0.2, -0.15) is 0 Å². The molecule has 0 aromatic rings. The van der Waals surface area contributed by atoms with Crippen LogP contribution in [-0.2, 0) is 19.1 Å². The van der Waals surface area contributed by atoms with Crippen LogP contribution in [-0.4, -0.2) is 35.8 Å². The molecule has 1 rings (SSSR count). The number of nitrogens with zero attached hydrogens (tertiary/aromatic N) is 1. The van der Waals surface area contributed by atoms with E-state index in [0.29, 0.717) is 19.4 Å². The van der Waals surface area contributed by atoms with Gasteiger partial charge in [0.15, 0.2) is 6.61 Å². The Morgan fingerprint density at radius 2 is 2.20 bits per heavy atom. The van der Waals surface area contributed by atoms with E-state index in [1.807, 2.05) is 0 Å². The Kier molecular flexibility index (Phi) is 3.60. The highest BCUT2D eigenvalue weighted by molar-refractivity contribution is 5.98. The van der Waals surface area contributed by atoms with Gasteiger partial charge in [-0.05, 0) is 13.3 Å². The molecule has 1 aliphatic heterocycles. The quantitative estimate of drug-likeness (QED) is 0.496. The summed E-state index contributed by atoms with van der Waals surface area (Å²) in [5.74, 6) is -1.28. The lowest BCUT2D eigenvalue weighted by molar-refractivity contribution is -0.152. The van der Waals surface area contributed by atoms with Gasteiger partial charge in [0.05, 0.1) is 0 Å².